The van der Waals surface area contributed by atoms with Gasteiger partial charge in [0, 0.05) is 13.1 Å². The second-order valence-electron chi connectivity index (χ2n) is 5.35. The van der Waals surface area contributed by atoms with Crippen LogP contribution in [0.1, 0.15) is 19.3 Å². The van der Waals surface area contributed by atoms with Gasteiger partial charge in [-0.15, -0.1) is 0 Å². The molecule has 0 aliphatic carbocycles. The van der Waals surface area contributed by atoms with Crippen molar-refractivity contribution < 1.29 is 4.74 Å². The smallest absolute Gasteiger partial charge is 0.142 e. The number of likely N-dealkylation sites (tertiary alicyclic amines) is 1. The molecule has 0 bridgehead atoms. The Bertz CT molecular complexity index is 532. The molecule has 0 amide bonds. The van der Waals surface area contributed by atoms with Crippen LogP contribution in [-0.2, 0) is 0 Å². The molecule has 1 aliphatic heterocycles. The highest BCUT2D eigenvalue weighted by atomic mass is 16.5. The van der Waals surface area contributed by atoms with Crippen molar-refractivity contribution in [3.63, 3.8) is 0 Å². The van der Waals surface area contributed by atoms with Crippen LogP contribution in [0.15, 0.2) is 54.6 Å². The quantitative estimate of drug-likeness (QED) is 0.824. The first-order valence-electron chi connectivity index (χ1n) is 7.42. The summed E-state index contributed by atoms with van der Waals surface area (Å²) in [4.78, 5) is 2.39. The fraction of sp³-hybridized carbons (Fsp3) is 0.333. The molecule has 2 nitrogen and oxygen atoms in total. The molecule has 1 fully saturated rings. The Kier molecular flexibility index (Phi) is 4.34. The summed E-state index contributed by atoms with van der Waals surface area (Å²) in [5.41, 5.74) is 2.44. The highest BCUT2D eigenvalue weighted by Gasteiger charge is 2.10. The van der Waals surface area contributed by atoms with Gasteiger partial charge in [-0.2, -0.15) is 0 Å². The highest BCUT2D eigenvalue weighted by Crippen LogP contribution is 2.23. The largest absolute Gasteiger partial charge is 0.478 e. The molecule has 3 rings (SSSR count). The van der Waals surface area contributed by atoms with Crippen molar-refractivity contribution in [1.29, 1.82) is 0 Å². The molecule has 1 aliphatic rings. The van der Waals surface area contributed by atoms with Crippen LogP contribution in [0.4, 0.5) is 0 Å². The van der Waals surface area contributed by atoms with Gasteiger partial charge in [0.15, 0.2) is 0 Å². The third-order valence-corrected chi connectivity index (χ3v) is 3.80. The van der Waals surface area contributed by atoms with Crippen molar-refractivity contribution in [3.8, 4) is 16.9 Å². The van der Waals surface area contributed by atoms with Crippen LogP contribution in [-0.4, -0.2) is 24.7 Å². The summed E-state index contributed by atoms with van der Waals surface area (Å²) in [6.45, 7) is 3.04. The van der Waals surface area contributed by atoms with Crippen LogP contribution in [0.5, 0.6) is 5.75 Å². The molecule has 0 N–H and O–H groups in total. The van der Waals surface area contributed by atoms with Crippen LogP contribution in [0, 0.1) is 0 Å². The standard InChI is InChI=1S/C18H21NO/c1-3-8-16(9-4-1)17-10-7-11-18(14-17)20-15-19-12-5-2-6-13-19/h1,3-4,7-11,14H,2,5-6,12-13,15H2. The lowest BCUT2D eigenvalue weighted by atomic mass is 10.1. The fourth-order valence-electron chi connectivity index (χ4n) is 2.65. The van der Waals surface area contributed by atoms with Crippen LogP contribution < -0.4 is 4.74 Å². The summed E-state index contributed by atoms with van der Waals surface area (Å²) >= 11 is 0. The van der Waals surface area contributed by atoms with E-state index in [9.17, 15) is 0 Å². The van der Waals surface area contributed by atoms with Crippen LogP contribution in [0.2, 0.25) is 0 Å². The molecule has 2 aromatic carbocycles. The third-order valence-electron chi connectivity index (χ3n) is 3.80. The Labute approximate surface area is 121 Å². The number of hydrogen-bond acceptors (Lipinski definition) is 2. The number of piperidine rings is 1. The minimum atomic E-state index is 0.707. The molecule has 0 aromatic heterocycles. The summed E-state index contributed by atoms with van der Waals surface area (Å²) < 4.78 is 5.93. The normalized spacial score (nSPS) is 16.0. The van der Waals surface area contributed by atoms with Gasteiger partial charge < -0.3 is 4.74 Å². The molecule has 0 saturated carbocycles. The molecular formula is C18H21NO. The van der Waals surface area contributed by atoms with Crippen molar-refractivity contribution >= 4 is 0 Å². The van der Waals surface area contributed by atoms with Gasteiger partial charge >= 0.3 is 0 Å². The second-order valence-corrected chi connectivity index (χ2v) is 5.35. The summed E-state index contributed by atoms with van der Waals surface area (Å²) in [7, 11) is 0. The summed E-state index contributed by atoms with van der Waals surface area (Å²) in [5.74, 6) is 0.955. The van der Waals surface area contributed by atoms with E-state index >= 15 is 0 Å². The lowest BCUT2D eigenvalue weighted by Crippen LogP contribution is -2.33. The van der Waals surface area contributed by atoms with Crippen molar-refractivity contribution in [2.75, 3.05) is 19.8 Å². The van der Waals surface area contributed by atoms with E-state index in [0.717, 1.165) is 5.75 Å². The average Bonchev–Trinajstić information content (AvgIpc) is 2.55. The fourth-order valence-corrected chi connectivity index (χ4v) is 2.65. The van der Waals surface area contributed by atoms with E-state index in [0.29, 0.717) is 6.73 Å². The van der Waals surface area contributed by atoms with E-state index in [1.54, 1.807) is 0 Å². The van der Waals surface area contributed by atoms with Crippen molar-refractivity contribution in [1.82, 2.24) is 4.90 Å². The van der Waals surface area contributed by atoms with Gasteiger partial charge in [-0.25, -0.2) is 0 Å². The molecule has 0 atom stereocenters. The molecule has 2 aromatic rings. The molecule has 1 saturated heterocycles. The zero-order chi connectivity index (χ0) is 13.6. The monoisotopic (exact) mass is 267 g/mol. The number of rotatable bonds is 4. The molecule has 1 heterocycles. The Balaban J connectivity index is 1.65. The lowest BCUT2D eigenvalue weighted by Gasteiger charge is -2.26. The van der Waals surface area contributed by atoms with Crippen molar-refractivity contribution in [2.45, 2.75) is 19.3 Å². The van der Waals surface area contributed by atoms with E-state index < -0.39 is 0 Å². The first-order valence-corrected chi connectivity index (χ1v) is 7.42. The van der Waals surface area contributed by atoms with Gasteiger partial charge in [-0.05, 0) is 36.1 Å². The Morgan fingerprint density at radius 3 is 2.35 bits per heavy atom. The maximum Gasteiger partial charge on any atom is 0.142 e. The van der Waals surface area contributed by atoms with Crippen LogP contribution in [0.3, 0.4) is 0 Å². The van der Waals surface area contributed by atoms with E-state index in [-0.39, 0.29) is 0 Å². The minimum absolute atomic E-state index is 0.707. The molecule has 0 unspecified atom stereocenters. The van der Waals surface area contributed by atoms with Gasteiger partial charge in [0.1, 0.15) is 12.5 Å². The molecule has 20 heavy (non-hydrogen) atoms. The molecule has 2 heteroatoms. The molecule has 0 radical (unpaired) electrons. The van der Waals surface area contributed by atoms with Gasteiger partial charge in [0.05, 0.1) is 0 Å². The third kappa shape index (κ3) is 3.40. The van der Waals surface area contributed by atoms with E-state index in [4.69, 9.17) is 4.74 Å². The predicted octanol–water partition coefficient (Wildman–Crippen LogP) is 4.18. The lowest BCUT2D eigenvalue weighted by molar-refractivity contribution is 0.106. The molecule has 104 valence electrons. The number of hydrogen-bond donors (Lipinski definition) is 0. The maximum atomic E-state index is 5.93. The minimum Gasteiger partial charge on any atom is -0.478 e. The summed E-state index contributed by atoms with van der Waals surface area (Å²) in [6, 6.07) is 18.8. The SMILES string of the molecule is c1ccc(-c2cccc(OCN3CCCCC3)c2)cc1. The first kappa shape index (κ1) is 13.2. The van der Waals surface area contributed by atoms with E-state index in [1.807, 2.05) is 12.1 Å². The van der Waals surface area contributed by atoms with Gasteiger partial charge in [0.25, 0.3) is 0 Å². The summed E-state index contributed by atoms with van der Waals surface area (Å²) in [6.07, 6.45) is 3.96. The Hall–Kier alpha value is -1.80. The number of benzene rings is 2. The Morgan fingerprint density at radius 1 is 0.800 bits per heavy atom. The predicted molar refractivity (Wildman–Crippen MR) is 82.8 cm³/mol. The topological polar surface area (TPSA) is 12.5 Å². The van der Waals surface area contributed by atoms with E-state index in [2.05, 4.69) is 47.4 Å². The van der Waals surface area contributed by atoms with Gasteiger partial charge in [-0.1, -0.05) is 48.9 Å². The van der Waals surface area contributed by atoms with Crippen molar-refractivity contribution in [3.05, 3.63) is 54.6 Å². The van der Waals surface area contributed by atoms with Gasteiger partial charge in [-0.3, -0.25) is 4.90 Å². The first-order chi connectivity index (χ1) is 9.92. The highest BCUT2D eigenvalue weighted by molar-refractivity contribution is 5.64. The number of nitrogens with zero attached hydrogens (tertiary/aromatic N) is 1. The summed E-state index contributed by atoms with van der Waals surface area (Å²) in [5, 5.41) is 0. The second kappa shape index (κ2) is 6.58. The zero-order valence-electron chi connectivity index (χ0n) is 11.8. The maximum absolute atomic E-state index is 5.93. The van der Waals surface area contributed by atoms with E-state index in [1.165, 1.54) is 43.5 Å². The van der Waals surface area contributed by atoms with Gasteiger partial charge in [0.2, 0.25) is 0 Å². The van der Waals surface area contributed by atoms with Crippen LogP contribution >= 0.6 is 0 Å². The van der Waals surface area contributed by atoms with Crippen molar-refractivity contribution in [2.24, 2.45) is 0 Å². The number of ether oxygens (including phenoxy) is 1. The average molecular weight is 267 g/mol. The molecule has 0 spiro atoms. The Morgan fingerprint density at radius 2 is 1.55 bits per heavy atom. The zero-order valence-corrected chi connectivity index (χ0v) is 11.8. The molecular weight excluding hydrogens is 246 g/mol. The van der Waals surface area contributed by atoms with Crippen LogP contribution in [0.25, 0.3) is 11.1 Å².